The predicted molar refractivity (Wildman–Crippen MR) is 81.0 cm³/mol. The summed E-state index contributed by atoms with van der Waals surface area (Å²) in [7, 11) is 2.79. The second-order valence-electron chi connectivity index (χ2n) is 4.49. The predicted octanol–water partition coefficient (Wildman–Crippen LogP) is 1.45. The lowest BCUT2D eigenvalue weighted by molar-refractivity contribution is -0.133. The molecule has 0 aliphatic heterocycles. The molecule has 0 bridgehead atoms. The molecule has 0 N–H and O–H groups in total. The third-order valence-corrected chi connectivity index (χ3v) is 3.04. The van der Waals surface area contributed by atoms with Crippen LogP contribution in [0.5, 0.6) is 0 Å². The van der Waals surface area contributed by atoms with Crippen LogP contribution in [0.4, 0.5) is 0 Å². The molecule has 1 aromatic heterocycles. The smallest absolute Gasteiger partial charge is 0.341 e. The van der Waals surface area contributed by atoms with Crippen molar-refractivity contribution in [2.75, 3.05) is 14.2 Å². The van der Waals surface area contributed by atoms with E-state index >= 15 is 0 Å². The van der Waals surface area contributed by atoms with Gasteiger partial charge in [0.1, 0.15) is 5.57 Å². The lowest BCUT2D eigenvalue weighted by Crippen LogP contribution is -2.12. The summed E-state index contributed by atoms with van der Waals surface area (Å²) < 4.78 is 11.5. The molecule has 1 aromatic carbocycles. The maximum absolute atomic E-state index is 11.9. The van der Waals surface area contributed by atoms with Crippen LogP contribution in [0.15, 0.2) is 53.9 Å². The van der Waals surface area contributed by atoms with Crippen molar-refractivity contribution < 1.29 is 14.3 Å². The molecule has 0 spiro atoms. The first kappa shape index (κ1) is 15.5. The van der Waals surface area contributed by atoms with E-state index in [1.54, 1.807) is 10.8 Å². The van der Waals surface area contributed by atoms with Crippen molar-refractivity contribution in [3.63, 3.8) is 0 Å². The Kier molecular flexibility index (Phi) is 5.08. The van der Waals surface area contributed by atoms with E-state index in [-0.39, 0.29) is 5.56 Å². The largest absolute Gasteiger partial charge is 0.503 e. The van der Waals surface area contributed by atoms with Crippen molar-refractivity contribution in [3.05, 3.63) is 70.6 Å². The Labute approximate surface area is 127 Å². The third kappa shape index (κ3) is 3.60. The molecular weight excluding hydrogens is 284 g/mol. The van der Waals surface area contributed by atoms with Gasteiger partial charge < -0.3 is 14.0 Å². The van der Waals surface area contributed by atoms with E-state index in [0.717, 1.165) is 5.56 Å². The van der Waals surface area contributed by atoms with Crippen LogP contribution in [0.25, 0.3) is 5.57 Å². The Bertz CT molecular complexity index is 729. The molecule has 2 aromatic rings. The van der Waals surface area contributed by atoms with Gasteiger partial charge in [-0.2, -0.15) is 4.98 Å². The standard InChI is InChI=1S/C16H16N2O4/c1-21-10-14(16(20)22-2)13-6-4-3-5-12(13)9-18-8-7-15(19)17-11-18/h3-8,10-11H,9H2,1-2H3. The van der Waals surface area contributed by atoms with Gasteiger partial charge in [0, 0.05) is 18.8 Å². The first-order valence-electron chi connectivity index (χ1n) is 6.57. The minimum absolute atomic E-state index is 0.293. The molecule has 22 heavy (non-hydrogen) atoms. The molecule has 1 heterocycles. The summed E-state index contributed by atoms with van der Waals surface area (Å²) >= 11 is 0. The van der Waals surface area contributed by atoms with Gasteiger partial charge in [-0.3, -0.25) is 4.79 Å². The number of carbonyl (C=O) groups excluding carboxylic acids is 1. The highest BCUT2D eigenvalue weighted by molar-refractivity contribution is 6.16. The Morgan fingerprint density at radius 1 is 1.27 bits per heavy atom. The number of hydrogen-bond acceptors (Lipinski definition) is 5. The van der Waals surface area contributed by atoms with Crippen LogP contribution >= 0.6 is 0 Å². The van der Waals surface area contributed by atoms with Gasteiger partial charge in [0.2, 0.25) is 0 Å². The number of esters is 1. The lowest BCUT2D eigenvalue weighted by atomic mass is 10.0. The van der Waals surface area contributed by atoms with E-state index in [2.05, 4.69) is 4.98 Å². The van der Waals surface area contributed by atoms with Crippen LogP contribution in [0.2, 0.25) is 0 Å². The van der Waals surface area contributed by atoms with E-state index in [1.165, 1.54) is 32.9 Å². The molecule has 0 saturated carbocycles. The molecule has 0 atom stereocenters. The number of methoxy groups -OCH3 is 2. The number of hydrogen-bond donors (Lipinski definition) is 0. The molecule has 0 aliphatic rings. The SMILES string of the molecule is COC=C(C(=O)OC)c1ccccc1Cn1ccc(=O)nc1. The fourth-order valence-electron chi connectivity index (χ4n) is 2.03. The molecule has 6 heteroatoms. The van der Waals surface area contributed by atoms with Gasteiger partial charge in [0.15, 0.2) is 0 Å². The number of aromatic nitrogens is 2. The first-order chi connectivity index (χ1) is 10.7. The Hall–Kier alpha value is -2.89. The highest BCUT2D eigenvalue weighted by Crippen LogP contribution is 2.21. The summed E-state index contributed by atoms with van der Waals surface area (Å²) in [6.45, 7) is 0.460. The Morgan fingerprint density at radius 2 is 2.05 bits per heavy atom. The van der Waals surface area contributed by atoms with Crippen LogP contribution in [-0.4, -0.2) is 29.7 Å². The van der Waals surface area contributed by atoms with Gasteiger partial charge in [-0.25, -0.2) is 4.79 Å². The quantitative estimate of drug-likeness (QED) is 0.475. The molecule has 6 nitrogen and oxygen atoms in total. The number of nitrogens with zero attached hydrogens (tertiary/aromatic N) is 2. The van der Waals surface area contributed by atoms with E-state index < -0.39 is 5.97 Å². The zero-order chi connectivity index (χ0) is 15.9. The highest BCUT2D eigenvalue weighted by atomic mass is 16.5. The zero-order valence-corrected chi connectivity index (χ0v) is 12.4. The van der Waals surface area contributed by atoms with Crippen molar-refractivity contribution in [2.45, 2.75) is 6.54 Å². The minimum atomic E-state index is -0.479. The molecule has 0 saturated heterocycles. The lowest BCUT2D eigenvalue weighted by Gasteiger charge is -2.12. The molecule has 0 fully saturated rings. The summed E-state index contributed by atoms with van der Waals surface area (Å²) in [5.41, 5.74) is 1.62. The zero-order valence-electron chi connectivity index (χ0n) is 12.4. The maximum Gasteiger partial charge on any atom is 0.341 e. The van der Waals surface area contributed by atoms with Crippen molar-refractivity contribution >= 4 is 11.5 Å². The summed E-state index contributed by atoms with van der Waals surface area (Å²) in [5, 5.41) is 0. The van der Waals surface area contributed by atoms with Crippen molar-refractivity contribution in [1.29, 1.82) is 0 Å². The number of carbonyl (C=O) groups is 1. The highest BCUT2D eigenvalue weighted by Gasteiger charge is 2.16. The molecule has 0 radical (unpaired) electrons. The molecule has 2 rings (SSSR count). The monoisotopic (exact) mass is 300 g/mol. The van der Waals surface area contributed by atoms with Gasteiger partial charge in [-0.1, -0.05) is 24.3 Å². The van der Waals surface area contributed by atoms with Crippen LogP contribution in [0, 0.1) is 0 Å². The molecule has 114 valence electrons. The topological polar surface area (TPSA) is 70.4 Å². The summed E-state index contributed by atoms with van der Waals surface area (Å²) in [4.78, 5) is 26.7. The van der Waals surface area contributed by atoms with Crippen molar-refractivity contribution in [2.24, 2.45) is 0 Å². The van der Waals surface area contributed by atoms with E-state index in [0.29, 0.717) is 17.7 Å². The minimum Gasteiger partial charge on any atom is -0.503 e. The van der Waals surface area contributed by atoms with Crippen LogP contribution in [-0.2, 0) is 20.8 Å². The van der Waals surface area contributed by atoms with E-state index in [9.17, 15) is 9.59 Å². The van der Waals surface area contributed by atoms with E-state index in [1.807, 2.05) is 24.3 Å². The van der Waals surface area contributed by atoms with Gasteiger partial charge in [0.05, 0.1) is 26.8 Å². The second kappa shape index (κ2) is 7.21. The van der Waals surface area contributed by atoms with Crippen molar-refractivity contribution in [3.8, 4) is 0 Å². The number of rotatable bonds is 5. The van der Waals surface area contributed by atoms with Gasteiger partial charge in [-0.05, 0) is 11.1 Å². The first-order valence-corrected chi connectivity index (χ1v) is 6.57. The summed E-state index contributed by atoms with van der Waals surface area (Å²) in [6.07, 6.45) is 4.45. The van der Waals surface area contributed by atoms with Gasteiger partial charge in [-0.15, -0.1) is 0 Å². The average Bonchev–Trinajstić information content (AvgIpc) is 2.55. The average molecular weight is 300 g/mol. The molecule has 0 aliphatic carbocycles. The fraction of sp³-hybridized carbons (Fsp3) is 0.188. The number of ether oxygens (including phenoxy) is 2. The normalized spacial score (nSPS) is 11.1. The van der Waals surface area contributed by atoms with Gasteiger partial charge >= 0.3 is 5.97 Å². The third-order valence-electron chi connectivity index (χ3n) is 3.04. The van der Waals surface area contributed by atoms with Crippen LogP contribution in [0.3, 0.4) is 0 Å². The van der Waals surface area contributed by atoms with Crippen LogP contribution in [0.1, 0.15) is 11.1 Å². The molecule has 0 unspecified atom stereocenters. The second-order valence-corrected chi connectivity index (χ2v) is 4.49. The van der Waals surface area contributed by atoms with Gasteiger partial charge in [0.25, 0.3) is 5.56 Å². The summed E-state index contributed by atoms with van der Waals surface area (Å²) in [5.74, 6) is -0.479. The maximum atomic E-state index is 11.9. The fourth-order valence-corrected chi connectivity index (χ4v) is 2.03. The van der Waals surface area contributed by atoms with Crippen molar-refractivity contribution in [1.82, 2.24) is 9.55 Å². The molecule has 0 amide bonds. The Morgan fingerprint density at radius 3 is 2.68 bits per heavy atom. The Balaban J connectivity index is 2.41. The van der Waals surface area contributed by atoms with Crippen LogP contribution < -0.4 is 5.56 Å². The van der Waals surface area contributed by atoms with E-state index in [4.69, 9.17) is 9.47 Å². The molecular formula is C16H16N2O4. The number of benzene rings is 1. The summed E-state index contributed by atoms with van der Waals surface area (Å²) in [6, 6.07) is 8.78.